The summed E-state index contributed by atoms with van der Waals surface area (Å²) in [6.07, 6.45) is -4.63. The third kappa shape index (κ3) is 5.22. The zero-order chi connectivity index (χ0) is 24.5. The van der Waals surface area contributed by atoms with Crippen molar-refractivity contribution in [1.82, 2.24) is 15.1 Å². The monoisotopic (exact) mass is 525 g/mol. The first-order valence-corrected chi connectivity index (χ1v) is 11.0. The predicted molar refractivity (Wildman–Crippen MR) is 129 cm³/mol. The van der Waals surface area contributed by atoms with Crippen LogP contribution in [0.2, 0.25) is 15.1 Å². The van der Waals surface area contributed by atoms with Crippen molar-refractivity contribution >= 4 is 40.7 Å². The molecule has 0 bridgehead atoms. The maximum Gasteiger partial charge on any atom is 0.435 e. The minimum Gasteiger partial charge on any atom is -0.348 e. The standard InChI is InChI=1S/C24H15Cl3F3N3O.H2/c25-17-10-5-14(11-19(17)27)13-31-23(34)16-8-6-15(7-9-16)21-12-22(24(28,29)30)32-33(21)20-4-2-1-3-18(20)26;/h1-12H,13H2,(H,31,34);1H. The second-order valence-electron chi connectivity index (χ2n) is 7.28. The van der Waals surface area contributed by atoms with Crippen LogP contribution in [0.1, 0.15) is 23.0 Å². The molecule has 1 N–H and O–H groups in total. The number of alkyl halides is 3. The van der Waals surface area contributed by atoms with E-state index in [4.69, 9.17) is 34.8 Å². The van der Waals surface area contributed by atoms with Crippen LogP contribution in [0, 0.1) is 0 Å². The Morgan fingerprint density at radius 3 is 2.26 bits per heavy atom. The van der Waals surface area contributed by atoms with Crippen LogP contribution in [-0.2, 0) is 12.7 Å². The van der Waals surface area contributed by atoms with Gasteiger partial charge in [0, 0.05) is 19.1 Å². The highest BCUT2D eigenvalue weighted by atomic mass is 35.5. The van der Waals surface area contributed by atoms with Crippen molar-refractivity contribution in [3.05, 3.63) is 105 Å². The summed E-state index contributed by atoms with van der Waals surface area (Å²) < 4.78 is 41.3. The van der Waals surface area contributed by atoms with Gasteiger partial charge in [-0.3, -0.25) is 4.79 Å². The molecule has 4 rings (SSSR count). The van der Waals surface area contributed by atoms with Crippen molar-refractivity contribution in [2.45, 2.75) is 12.7 Å². The number of hydrogen-bond donors (Lipinski definition) is 1. The average molecular weight is 527 g/mol. The predicted octanol–water partition coefficient (Wildman–Crippen LogP) is 7.69. The van der Waals surface area contributed by atoms with Crippen molar-refractivity contribution in [2.24, 2.45) is 0 Å². The largest absolute Gasteiger partial charge is 0.435 e. The molecule has 4 nitrogen and oxygen atoms in total. The normalized spacial score (nSPS) is 11.5. The number of nitrogens with zero attached hydrogens (tertiary/aromatic N) is 2. The van der Waals surface area contributed by atoms with Crippen LogP contribution in [0.3, 0.4) is 0 Å². The third-order valence-electron chi connectivity index (χ3n) is 4.96. The van der Waals surface area contributed by atoms with E-state index in [9.17, 15) is 18.0 Å². The molecule has 176 valence electrons. The van der Waals surface area contributed by atoms with Gasteiger partial charge in [-0.25, -0.2) is 4.68 Å². The van der Waals surface area contributed by atoms with Gasteiger partial charge in [-0.1, -0.05) is 65.1 Å². The van der Waals surface area contributed by atoms with Gasteiger partial charge in [0.1, 0.15) is 0 Å². The number of halogens is 6. The third-order valence-corrected chi connectivity index (χ3v) is 6.02. The number of benzene rings is 3. The molecule has 0 spiro atoms. The number of carbonyl (C=O) groups is 1. The molecule has 10 heteroatoms. The van der Waals surface area contributed by atoms with E-state index in [1.165, 1.54) is 12.1 Å². The molecule has 0 aliphatic heterocycles. The second kappa shape index (κ2) is 9.70. The Bertz CT molecular complexity index is 1360. The summed E-state index contributed by atoms with van der Waals surface area (Å²) >= 11 is 18.1. The lowest BCUT2D eigenvalue weighted by Crippen LogP contribution is -2.22. The Kier molecular flexibility index (Phi) is 6.89. The summed E-state index contributed by atoms with van der Waals surface area (Å²) in [6.45, 7) is 0.228. The fraction of sp³-hybridized carbons (Fsp3) is 0.0833. The maximum absolute atomic E-state index is 13.4. The molecule has 0 fully saturated rings. The van der Waals surface area contributed by atoms with Crippen molar-refractivity contribution in [1.29, 1.82) is 0 Å². The SMILES string of the molecule is O=C(NCc1ccc(Cl)c(Cl)c1)c1ccc(-c2cc(C(F)(F)F)nn2-c2ccccc2Cl)cc1.[HH]. The average Bonchev–Trinajstić information content (AvgIpc) is 3.26. The smallest absolute Gasteiger partial charge is 0.348 e. The van der Waals surface area contributed by atoms with Crippen LogP contribution in [0.25, 0.3) is 16.9 Å². The molecule has 34 heavy (non-hydrogen) atoms. The molecule has 3 aromatic carbocycles. The molecule has 0 radical (unpaired) electrons. The van der Waals surface area contributed by atoms with E-state index in [2.05, 4.69) is 10.4 Å². The van der Waals surface area contributed by atoms with Gasteiger partial charge in [0.05, 0.1) is 26.4 Å². The summed E-state index contributed by atoms with van der Waals surface area (Å²) in [5.74, 6) is -0.354. The van der Waals surface area contributed by atoms with E-state index in [0.717, 1.165) is 16.3 Å². The number of nitrogens with one attached hydrogen (secondary N) is 1. The van der Waals surface area contributed by atoms with Gasteiger partial charge in [0.15, 0.2) is 5.69 Å². The molecule has 0 unspecified atom stereocenters. The van der Waals surface area contributed by atoms with Gasteiger partial charge < -0.3 is 5.32 Å². The number of hydrogen-bond acceptors (Lipinski definition) is 2. The Labute approximate surface area is 209 Å². The molecule has 0 atom stereocenters. The molecular formula is C24H17Cl3F3N3O. The molecule has 1 heterocycles. The Morgan fingerprint density at radius 1 is 0.912 bits per heavy atom. The molecule has 0 saturated heterocycles. The summed E-state index contributed by atoms with van der Waals surface area (Å²) in [6, 6.07) is 18.6. The van der Waals surface area contributed by atoms with Crippen LogP contribution >= 0.6 is 34.8 Å². The van der Waals surface area contributed by atoms with Gasteiger partial charge in [-0.05, 0) is 48.0 Å². The number of aromatic nitrogens is 2. The lowest BCUT2D eigenvalue weighted by atomic mass is 10.1. The molecule has 4 aromatic rings. The van der Waals surface area contributed by atoms with Crippen LogP contribution in [0.15, 0.2) is 72.8 Å². The lowest BCUT2D eigenvalue weighted by Gasteiger charge is -2.10. The number of rotatable bonds is 5. The van der Waals surface area contributed by atoms with Gasteiger partial charge >= 0.3 is 6.18 Å². The minimum absolute atomic E-state index is 0. The maximum atomic E-state index is 13.4. The zero-order valence-electron chi connectivity index (χ0n) is 17.2. The lowest BCUT2D eigenvalue weighted by molar-refractivity contribution is -0.141. The van der Waals surface area contributed by atoms with Gasteiger partial charge in [0.25, 0.3) is 5.91 Å². The topological polar surface area (TPSA) is 46.9 Å². The van der Waals surface area contributed by atoms with Crippen LogP contribution < -0.4 is 5.32 Å². The highest BCUT2D eigenvalue weighted by molar-refractivity contribution is 6.42. The van der Waals surface area contributed by atoms with E-state index >= 15 is 0 Å². The first-order chi connectivity index (χ1) is 16.1. The second-order valence-corrected chi connectivity index (χ2v) is 8.51. The molecule has 0 aliphatic carbocycles. The molecule has 1 aromatic heterocycles. The highest BCUT2D eigenvalue weighted by Crippen LogP contribution is 2.34. The number of carbonyl (C=O) groups excluding carboxylic acids is 1. The fourth-order valence-corrected chi connectivity index (χ4v) is 3.80. The highest BCUT2D eigenvalue weighted by Gasteiger charge is 2.35. The van der Waals surface area contributed by atoms with E-state index in [1.807, 2.05) is 0 Å². The van der Waals surface area contributed by atoms with E-state index in [1.54, 1.807) is 54.6 Å². The summed E-state index contributed by atoms with van der Waals surface area (Å²) in [7, 11) is 0. The molecule has 1 amide bonds. The summed E-state index contributed by atoms with van der Waals surface area (Å²) in [5, 5.41) is 7.54. The van der Waals surface area contributed by atoms with Crippen LogP contribution in [0.5, 0.6) is 0 Å². The van der Waals surface area contributed by atoms with Gasteiger partial charge in [0.2, 0.25) is 0 Å². The van der Waals surface area contributed by atoms with Crippen molar-refractivity contribution in [2.75, 3.05) is 0 Å². The summed E-state index contributed by atoms with van der Waals surface area (Å²) in [4.78, 5) is 12.5. The fourth-order valence-electron chi connectivity index (χ4n) is 3.26. The molecular weight excluding hydrogens is 510 g/mol. The van der Waals surface area contributed by atoms with E-state index < -0.39 is 11.9 Å². The number of amides is 1. The Balaban J connectivity index is 0.00000342. The van der Waals surface area contributed by atoms with Gasteiger partial charge in [-0.15, -0.1) is 0 Å². The molecule has 0 saturated carbocycles. The summed E-state index contributed by atoms with van der Waals surface area (Å²) in [5.41, 5.74) is 0.975. The van der Waals surface area contributed by atoms with Gasteiger partial charge in [-0.2, -0.15) is 18.3 Å². The first kappa shape index (κ1) is 24.1. The Morgan fingerprint density at radius 2 is 1.62 bits per heavy atom. The van der Waals surface area contributed by atoms with Crippen molar-refractivity contribution in [3.63, 3.8) is 0 Å². The zero-order valence-corrected chi connectivity index (χ0v) is 19.5. The van der Waals surface area contributed by atoms with Crippen molar-refractivity contribution in [3.8, 4) is 16.9 Å². The van der Waals surface area contributed by atoms with Crippen molar-refractivity contribution < 1.29 is 19.4 Å². The van der Waals surface area contributed by atoms with E-state index in [0.29, 0.717) is 26.9 Å². The quantitative estimate of drug-likeness (QED) is 0.290. The first-order valence-electron chi connectivity index (χ1n) is 9.88. The number of para-hydroxylation sites is 1. The van der Waals surface area contributed by atoms with E-state index in [-0.39, 0.29) is 24.6 Å². The van der Waals surface area contributed by atoms with Crippen LogP contribution in [-0.4, -0.2) is 15.7 Å². The minimum atomic E-state index is -4.63. The van der Waals surface area contributed by atoms with Crippen LogP contribution in [0.4, 0.5) is 13.2 Å². The Hall–Kier alpha value is -3.00. The molecule has 0 aliphatic rings.